The van der Waals surface area contributed by atoms with Crippen molar-refractivity contribution in [1.29, 1.82) is 0 Å². The van der Waals surface area contributed by atoms with E-state index in [-0.39, 0.29) is 0 Å². The molecule has 5 aromatic rings. The van der Waals surface area contributed by atoms with Gasteiger partial charge in [-0.1, -0.05) is 48.0 Å². The first kappa shape index (κ1) is 28.9. The summed E-state index contributed by atoms with van der Waals surface area (Å²) in [5, 5.41) is 0.751. The normalized spacial score (nSPS) is 12.9. The molecule has 3 aromatic carbocycles. The molecule has 4 nitrogen and oxygen atoms in total. The van der Waals surface area contributed by atoms with Crippen molar-refractivity contribution in [2.24, 2.45) is 0 Å². The summed E-state index contributed by atoms with van der Waals surface area (Å²) in [6.07, 6.45) is 15.9. The molecule has 0 saturated carbocycles. The lowest BCUT2D eigenvalue weighted by molar-refractivity contribution is -0.688. The van der Waals surface area contributed by atoms with Crippen LogP contribution in [0.3, 0.4) is 0 Å². The van der Waals surface area contributed by atoms with E-state index in [0.717, 1.165) is 35.8 Å². The summed E-state index contributed by atoms with van der Waals surface area (Å²) in [6, 6.07) is 34.9. The fourth-order valence-corrected chi connectivity index (χ4v) is 6.01. The average molecular weight is 589 g/mol. The van der Waals surface area contributed by atoms with E-state index in [9.17, 15) is 0 Å². The predicted molar refractivity (Wildman–Crippen MR) is 178 cm³/mol. The van der Waals surface area contributed by atoms with Crippen molar-refractivity contribution in [1.82, 2.24) is 0 Å². The van der Waals surface area contributed by atoms with E-state index in [1.165, 1.54) is 66.8 Å². The van der Waals surface area contributed by atoms with Crippen LogP contribution >= 0.6 is 11.6 Å². The molecule has 0 radical (unpaired) electrons. The maximum absolute atomic E-state index is 6.04. The molecule has 0 aliphatic carbocycles. The quantitative estimate of drug-likeness (QED) is 0.115. The lowest BCUT2D eigenvalue weighted by atomic mass is 10.0. The highest BCUT2D eigenvalue weighted by molar-refractivity contribution is 6.30. The second-order valence-electron chi connectivity index (χ2n) is 11.6. The Kier molecular flexibility index (Phi) is 9.34. The van der Waals surface area contributed by atoms with Crippen molar-refractivity contribution >= 4 is 28.7 Å². The average Bonchev–Trinajstić information content (AvgIpc) is 3.60. The predicted octanol–water partition coefficient (Wildman–Crippen LogP) is 7.89. The highest BCUT2D eigenvalue weighted by Gasteiger charge is 2.14. The number of pyridine rings is 2. The van der Waals surface area contributed by atoms with Gasteiger partial charge in [-0.2, -0.15) is 4.57 Å². The third-order valence-electron chi connectivity index (χ3n) is 8.56. The summed E-state index contributed by atoms with van der Waals surface area (Å²) in [4.78, 5) is 4.64. The van der Waals surface area contributed by atoms with Crippen molar-refractivity contribution in [3.8, 4) is 5.69 Å². The topological polar surface area (TPSA) is 14.2 Å². The Morgan fingerprint density at radius 1 is 0.628 bits per heavy atom. The van der Waals surface area contributed by atoms with Crippen LogP contribution in [0.5, 0.6) is 0 Å². The number of hydrogen-bond donors (Lipinski definition) is 0. The van der Waals surface area contributed by atoms with Crippen molar-refractivity contribution < 1.29 is 9.13 Å². The molecule has 1 aliphatic heterocycles. The van der Waals surface area contributed by atoms with Crippen LogP contribution in [0, 0.1) is 0 Å². The zero-order chi connectivity index (χ0) is 29.4. The van der Waals surface area contributed by atoms with Crippen molar-refractivity contribution in [2.75, 3.05) is 29.9 Å². The van der Waals surface area contributed by atoms with Crippen LogP contribution in [0.25, 0.3) is 5.69 Å². The maximum atomic E-state index is 6.04. The fourth-order valence-electron chi connectivity index (χ4n) is 5.88. The number of aryl methyl sites for hydroxylation is 2. The number of aromatic nitrogens is 2. The van der Waals surface area contributed by atoms with Gasteiger partial charge in [0.15, 0.2) is 31.3 Å². The summed E-state index contributed by atoms with van der Waals surface area (Å²) in [5.74, 6) is 0. The molecule has 0 spiro atoms. The third-order valence-corrected chi connectivity index (χ3v) is 8.81. The number of nitrogens with zero attached hydrogens (tertiary/aromatic N) is 4. The number of halogens is 1. The molecule has 5 heteroatoms. The van der Waals surface area contributed by atoms with Gasteiger partial charge in [-0.05, 0) is 73.9 Å². The Bertz CT molecular complexity index is 1570. The molecule has 3 heterocycles. The minimum absolute atomic E-state index is 0.751. The lowest BCUT2D eigenvalue weighted by Gasteiger charge is -2.18. The number of anilines is 3. The maximum Gasteiger partial charge on any atom is 0.210 e. The lowest BCUT2D eigenvalue weighted by Crippen LogP contribution is -2.33. The van der Waals surface area contributed by atoms with E-state index in [1.807, 2.05) is 24.3 Å². The summed E-state index contributed by atoms with van der Waals surface area (Å²) in [7, 11) is 2.07. The Labute approximate surface area is 261 Å². The summed E-state index contributed by atoms with van der Waals surface area (Å²) in [5.41, 5.74) is 8.93. The Morgan fingerprint density at radius 3 is 1.77 bits per heavy atom. The SMILES string of the molecule is CN(c1ccc(Cl)cc1)c1cc[n+](-c2ccc(CCCCc3ccc(C[n+]4ccc(N5CCCC5)cc4)cc3)cc2)cc1. The van der Waals surface area contributed by atoms with Gasteiger partial charge < -0.3 is 9.80 Å². The second-order valence-corrected chi connectivity index (χ2v) is 12.0. The van der Waals surface area contributed by atoms with E-state index in [1.54, 1.807) is 0 Å². The van der Waals surface area contributed by atoms with Gasteiger partial charge in [0.25, 0.3) is 0 Å². The molecule has 0 atom stereocenters. The Morgan fingerprint density at radius 2 is 1.16 bits per heavy atom. The van der Waals surface area contributed by atoms with E-state index in [2.05, 4.69) is 124 Å². The first-order chi connectivity index (χ1) is 21.1. The first-order valence-corrected chi connectivity index (χ1v) is 15.9. The van der Waals surface area contributed by atoms with E-state index in [4.69, 9.17) is 11.6 Å². The van der Waals surface area contributed by atoms with Crippen LogP contribution in [-0.4, -0.2) is 20.1 Å². The molecule has 0 amide bonds. The Hall–Kier alpha value is -4.15. The molecular weight excluding hydrogens is 548 g/mol. The second kappa shape index (κ2) is 13.9. The molecular formula is C38H41ClN4+2. The van der Waals surface area contributed by atoms with Gasteiger partial charge in [-0.25, -0.2) is 4.57 Å². The van der Waals surface area contributed by atoms with Gasteiger partial charge in [0.1, 0.15) is 0 Å². The summed E-state index contributed by atoms with van der Waals surface area (Å²) in [6.45, 7) is 3.30. The molecule has 1 aliphatic rings. The number of unbranched alkanes of at least 4 members (excludes halogenated alkanes) is 1. The van der Waals surface area contributed by atoms with Crippen LogP contribution in [-0.2, 0) is 19.4 Å². The monoisotopic (exact) mass is 588 g/mol. The zero-order valence-corrected chi connectivity index (χ0v) is 25.8. The van der Waals surface area contributed by atoms with E-state index < -0.39 is 0 Å². The van der Waals surface area contributed by atoms with Crippen molar-refractivity contribution in [3.63, 3.8) is 0 Å². The first-order valence-electron chi connectivity index (χ1n) is 15.5. The third kappa shape index (κ3) is 7.63. The molecule has 6 rings (SSSR count). The highest BCUT2D eigenvalue weighted by Crippen LogP contribution is 2.24. The highest BCUT2D eigenvalue weighted by atomic mass is 35.5. The van der Waals surface area contributed by atoms with Gasteiger partial charge in [-0.15, -0.1) is 0 Å². The van der Waals surface area contributed by atoms with Crippen molar-refractivity contribution in [3.05, 3.63) is 144 Å². The van der Waals surface area contributed by atoms with E-state index >= 15 is 0 Å². The smallest absolute Gasteiger partial charge is 0.210 e. The van der Waals surface area contributed by atoms with Crippen LogP contribution in [0.2, 0.25) is 5.02 Å². The molecule has 43 heavy (non-hydrogen) atoms. The zero-order valence-electron chi connectivity index (χ0n) is 25.1. The van der Waals surface area contributed by atoms with Gasteiger partial charge >= 0.3 is 0 Å². The van der Waals surface area contributed by atoms with Crippen molar-refractivity contribution in [2.45, 2.75) is 45.1 Å². The minimum Gasteiger partial charge on any atom is -0.371 e. The number of hydrogen-bond acceptors (Lipinski definition) is 2. The molecule has 1 saturated heterocycles. The Balaban J connectivity index is 0.940. The molecule has 0 unspecified atom stereocenters. The van der Waals surface area contributed by atoms with Crippen LogP contribution in [0.1, 0.15) is 42.4 Å². The van der Waals surface area contributed by atoms with Crippen LogP contribution in [0.4, 0.5) is 17.1 Å². The molecule has 0 bridgehead atoms. The summed E-state index contributed by atoms with van der Waals surface area (Å²) < 4.78 is 4.43. The molecule has 2 aromatic heterocycles. The van der Waals surface area contributed by atoms with Crippen LogP contribution < -0.4 is 18.9 Å². The van der Waals surface area contributed by atoms with Gasteiger partial charge in [0.2, 0.25) is 5.69 Å². The molecule has 0 N–H and O–H groups in total. The van der Waals surface area contributed by atoms with Crippen LogP contribution in [0.15, 0.2) is 122 Å². The fraction of sp³-hybridized carbons (Fsp3) is 0.263. The summed E-state index contributed by atoms with van der Waals surface area (Å²) >= 11 is 6.04. The number of rotatable bonds is 11. The van der Waals surface area contributed by atoms with Gasteiger partial charge in [0.05, 0.1) is 5.69 Å². The minimum atomic E-state index is 0.751. The van der Waals surface area contributed by atoms with Gasteiger partial charge in [0, 0.05) is 78.5 Å². The standard InChI is InChI=1S/C38H41ClN4/c1-40(35-18-14-34(39)15-19-35)36-22-28-43(29-23-36)37-16-12-32(13-17-37)7-3-2-6-31-8-10-33(11-9-31)30-41-26-20-38(21-27-41)42-24-4-5-25-42/h8-23,26-29H,2-7,24-25,30H2,1H3/q+2. The van der Waals surface area contributed by atoms with Gasteiger partial charge in [-0.3, -0.25) is 0 Å². The number of benzene rings is 3. The molecule has 1 fully saturated rings. The van der Waals surface area contributed by atoms with E-state index in [0.29, 0.717) is 0 Å². The molecule has 218 valence electrons. The largest absolute Gasteiger partial charge is 0.371 e.